The summed E-state index contributed by atoms with van der Waals surface area (Å²) in [5, 5.41) is 0. The van der Waals surface area contributed by atoms with Crippen LogP contribution in [-0.4, -0.2) is 15.0 Å². The van der Waals surface area contributed by atoms with E-state index in [1.807, 2.05) is 25.3 Å². The van der Waals surface area contributed by atoms with E-state index < -0.39 is 0 Å². The highest BCUT2D eigenvalue weighted by Crippen LogP contribution is 2.24. The van der Waals surface area contributed by atoms with Gasteiger partial charge in [0.15, 0.2) is 0 Å². The maximum absolute atomic E-state index is 5.90. The first-order valence-electron chi connectivity index (χ1n) is 5.74. The van der Waals surface area contributed by atoms with Gasteiger partial charge in [0.1, 0.15) is 12.1 Å². The average molecular weight is 228 g/mol. The van der Waals surface area contributed by atoms with Gasteiger partial charge < -0.3 is 5.73 Å². The number of pyridine rings is 1. The van der Waals surface area contributed by atoms with Crippen LogP contribution in [0, 0.1) is 6.92 Å². The molecule has 17 heavy (non-hydrogen) atoms. The molecule has 4 heteroatoms. The predicted octanol–water partition coefficient (Wildman–Crippen LogP) is 2.38. The molecule has 0 aliphatic rings. The molecular formula is C13H16N4. The Morgan fingerprint density at radius 1 is 1.18 bits per heavy atom. The summed E-state index contributed by atoms with van der Waals surface area (Å²) in [7, 11) is 0. The summed E-state index contributed by atoms with van der Waals surface area (Å²) in [6.45, 7) is 4.08. The fourth-order valence-electron chi connectivity index (χ4n) is 1.78. The summed E-state index contributed by atoms with van der Waals surface area (Å²) >= 11 is 0. The van der Waals surface area contributed by atoms with Crippen LogP contribution in [-0.2, 0) is 6.42 Å². The van der Waals surface area contributed by atoms with Crippen molar-refractivity contribution in [1.82, 2.24) is 15.0 Å². The third-order valence-corrected chi connectivity index (χ3v) is 2.66. The third-order valence-electron chi connectivity index (χ3n) is 2.66. The number of nitrogens with two attached hydrogens (primary N) is 1. The highest BCUT2D eigenvalue weighted by Gasteiger charge is 2.10. The summed E-state index contributed by atoms with van der Waals surface area (Å²) in [6.07, 6.45) is 5.24. The molecule has 0 spiro atoms. The van der Waals surface area contributed by atoms with E-state index in [9.17, 15) is 0 Å². The van der Waals surface area contributed by atoms with Crippen molar-refractivity contribution in [3.63, 3.8) is 0 Å². The lowest BCUT2D eigenvalue weighted by Gasteiger charge is -2.09. The van der Waals surface area contributed by atoms with Crippen molar-refractivity contribution in [3.05, 3.63) is 35.9 Å². The highest BCUT2D eigenvalue weighted by atomic mass is 14.9. The molecule has 0 saturated carbocycles. The van der Waals surface area contributed by atoms with E-state index in [1.54, 1.807) is 0 Å². The van der Waals surface area contributed by atoms with Crippen molar-refractivity contribution in [2.45, 2.75) is 26.7 Å². The Bertz CT molecular complexity index is 505. The number of nitrogen functional groups attached to an aromatic ring is 1. The molecule has 0 amide bonds. The fraction of sp³-hybridized carbons (Fsp3) is 0.308. The summed E-state index contributed by atoms with van der Waals surface area (Å²) < 4.78 is 0. The smallest absolute Gasteiger partial charge is 0.130 e. The fourth-order valence-corrected chi connectivity index (χ4v) is 1.78. The van der Waals surface area contributed by atoms with Crippen LogP contribution in [0.4, 0.5) is 5.82 Å². The molecule has 0 radical (unpaired) electrons. The maximum Gasteiger partial charge on any atom is 0.130 e. The zero-order valence-electron chi connectivity index (χ0n) is 10.1. The van der Waals surface area contributed by atoms with Gasteiger partial charge >= 0.3 is 0 Å². The number of aryl methyl sites for hydroxylation is 1. The van der Waals surface area contributed by atoms with Gasteiger partial charge in [-0.3, -0.25) is 4.98 Å². The van der Waals surface area contributed by atoms with E-state index in [0.29, 0.717) is 5.82 Å². The Morgan fingerprint density at radius 2 is 2.00 bits per heavy atom. The number of anilines is 1. The molecule has 0 bridgehead atoms. The monoisotopic (exact) mass is 228 g/mol. The normalized spacial score (nSPS) is 10.5. The molecule has 0 saturated heterocycles. The van der Waals surface area contributed by atoms with Crippen molar-refractivity contribution in [3.8, 4) is 11.3 Å². The van der Waals surface area contributed by atoms with Crippen molar-refractivity contribution >= 4 is 5.82 Å². The van der Waals surface area contributed by atoms with Crippen LogP contribution in [0.15, 0.2) is 24.7 Å². The number of aromatic nitrogens is 3. The molecule has 2 N–H and O–H groups in total. The van der Waals surface area contributed by atoms with Crippen LogP contribution in [0.1, 0.15) is 24.6 Å². The Kier molecular flexibility index (Phi) is 3.32. The quantitative estimate of drug-likeness (QED) is 0.876. The minimum Gasteiger partial charge on any atom is -0.383 e. The van der Waals surface area contributed by atoms with Gasteiger partial charge in [0.25, 0.3) is 0 Å². The average Bonchev–Trinajstić information content (AvgIpc) is 2.33. The zero-order chi connectivity index (χ0) is 12.3. The maximum atomic E-state index is 5.90. The van der Waals surface area contributed by atoms with Crippen LogP contribution in [0.2, 0.25) is 0 Å². The summed E-state index contributed by atoms with van der Waals surface area (Å²) in [5.41, 5.74) is 9.80. The number of hydrogen-bond donors (Lipinski definition) is 1. The van der Waals surface area contributed by atoms with Gasteiger partial charge in [-0.15, -0.1) is 0 Å². The largest absolute Gasteiger partial charge is 0.383 e. The number of nitrogens with zero attached hydrogens (tertiary/aromatic N) is 3. The van der Waals surface area contributed by atoms with Gasteiger partial charge in [-0.25, -0.2) is 9.97 Å². The first-order valence-corrected chi connectivity index (χ1v) is 5.74. The lowest BCUT2D eigenvalue weighted by molar-refractivity contribution is 0.908. The van der Waals surface area contributed by atoms with Crippen molar-refractivity contribution in [1.29, 1.82) is 0 Å². The second kappa shape index (κ2) is 4.91. The molecule has 2 rings (SSSR count). The number of rotatable bonds is 3. The molecule has 0 aromatic carbocycles. The zero-order valence-corrected chi connectivity index (χ0v) is 10.1. The van der Waals surface area contributed by atoms with Crippen molar-refractivity contribution in [2.24, 2.45) is 0 Å². The molecule has 0 aliphatic carbocycles. The van der Waals surface area contributed by atoms with Gasteiger partial charge in [0.05, 0.1) is 5.69 Å². The molecule has 0 atom stereocenters. The Labute approximate surface area is 101 Å². The second-order valence-corrected chi connectivity index (χ2v) is 4.02. The molecule has 2 aromatic rings. The predicted molar refractivity (Wildman–Crippen MR) is 68.4 cm³/mol. The minimum absolute atomic E-state index is 0.567. The van der Waals surface area contributed by atoms with Crippen LogP contribution >= 0.6 is 0 Å². The first kappa shape index (κ1) is 11.5. The standard InChI is InChI=1S/C13H16N4/c1-3-4-11-12(16-8-17-13(11)14)10-6-5-9(2)15-7-10/h5-8H,3-4H2,1-2H3,(H2,14,16,17). The number of hydrogen-bond acceptors (Lipinski definition) is 4. The van der Waals surface area contributed by atoms with Crippen molar-refractivity contribution < 1.29 is 0 Å². The highest BCUT2D eigenvalue weighted by molar-refractivity contribution is 5.66. The molecule has 88 valence electrons. The van der Waals surface area contributed by atoms with Gasteiger partial charge in [-0.2, -0.15) is 0 Å². The van der Waals surface area contributed by atoms with Gasteiger partial charge in [-0.05, 0) is 25.5 Å². The van der Waals surface area contributed by atoms with E-state index in [2.05, 4.69) is 21.9 Å². The van der Waals surface area contributed by atoms with Gasteiger partial charge in [-0.1, -0.05) is 13.3 Å². The summed E-state index contributed by atoms with van der Waals surface area (Å²) in [6, 6.07) is 3.99. The van der Waals surface area contributed by atoms with Crippen LogP contribution in [0.25, 0.3) is 11.3 Å². The summed E-state index contributed by atoms with van der Waals surface area (Å²) in [4.78, 5) is 12.7. The van der Waals surface area contributed by atoms with Gasteiger partial charge in [0.2, 0.25) is 0 Å². The molecular weight excluding hydrogens is 212 g/mol. The lowest BCUT2D eigenvalue weighted by atomic mass is 10.0. The lowest BCUT2D eigenvalue weighted by Crippen LogP contribution is -2.02. The first-order chi connectivity index (χ1) is 8.22. The summed E-state index contributed by atoms with van der Waals surface area (Å²) in [5.74, 6) is 0.567. The minimum atomic E-state index is 0.567. The van der Waals surface area contributed by atoms with E-state index in [0.717, 1.165) is 35.4 Å². The topological polar surface area (TPSA) is 64.7 Å². The Morgan fingerprint density at radius 3 is 2.65 bits per heavy atom. The van der Waals surface area contributed by atoms with E-state index >= 15 is 0 Å². The van der Waals surface area contributed by atoms with Gasteiger partial charge in [0, 0.05) is 23.0 Å². The van der Waals surface area contributed by atoms with Crippen LogP contribution in [0.5, 0.6) is 0 Å². The third kappa shape index (κ3) is 2.41. The van der Waals surface area contributed by atoms with E-state index in [4.69, 9.17) is 5.73 Å². The Balaban J connectivity index is 2.50. The molecule has 2 aromatic heterocycles. The SMILES string of the molecule is CCCc1c(N)ncnc1-c1ccc(C)nc1. The molecule has 0 fully saturated rings. The molecule has 4 nitrogen and oxygen atoms in total. The molecule has 0 unspecified atom stereocenters. The second-order valence-electron chi connectivity index (χ2n) is 4.02. The molecule has 2 heterocycles. The van der Waals surface area contributed by atoms with Crippen molar-refractivity contribution in [2.75, 3.05) is 5.73 Å². The van der Waals surface area contributed by atoms with E-state index in [1.165, 1.54) is 6.33 Å². The Hall–Kier alpha value is -1.97. The van der Waals surface area contributed by atoms with E-state index in [-0.39, 0.29) is 0 Å². The van der Waals surface area contributed by atoms with Crippen LogP contribution in [0.3, 0.4) is 0 Å². The molecule has 0 aliphatic heterocycles. The van der Waals surface area contributed by atoms with Crippen LogP contribution < -0.4 is 5.73 Å².